The first-order chi connectivity index (χ1) is 13.9. The average Bonchev–Trinajstić information content (AvgIpc) is 2.73. The van der Waals surface area contributed by atoms with E-state index < -0.39 is 10.0 Å². The minimum atomic E-state index is -3.27. The molecule has 0 atom stereocenters. The van der Waals surface area contributed by atoms with Crippen molar-refractivity contribution in [1.82, 2.24) is 4.90 Å². The Hall–Kier alpha value is -2.74. The highest BCUT2D eigenvalue weighted by atomic mass is 32.2. The zero-order valence-corrected chi connectivity index (χ0v) is 17.7. The number of hydrogen-bond acceptors (Lipinski definition) is 5. The molecule has 2 aromatic rings. The van der Waals surface area contributed by atoms with Crippen molar-refractivity contribution in [3.8, 4) is 11.5 Å². The van der Waals surface area contributed by atoms with E-state index in [1.54, 1.807) is 56.5 Å². The molecule has 0 N–H and O–H groups in total. The van der Waals surface area contributed by atoms with Gasteiger partial charge in [-0.15, -0.1) is 0 Å². The predicted molar refractivity (Wildman–Crippen MR) is 112 cm³/mol. The van der Waals surface area contributed by atoms with Gasteiger partial charge in [-0.05, 0) is 49.2 Å². The van der Waals surface area contributed by atoms with Crippen LogP contribution in [0, 0.1) is 0 Å². The summed E-state index contributed by atoms with van der Waals surface area (Å²) in [5.74, 6) is 1.34. The summed E-state index contributed by atoms with van der Waals surface area (Å²) < 4.78 is 36.5. The van der Waals surface area contributed by atoms with Crippen LogP contribution in [0.2, 0.25) is 0 Å². The van der Waals surface area contributed by atoms with Gasteiger partial charge in [-0.2, -0.15) is 0 Å². The summed E-state index contributed by atoms with van der Waals surface area (Å²) in [6.07, 6.45) is 1.53. The lowest BCUT2D eigenvalue weighted by molar-refractivity contribution is 0.0784. The summed E-state index contributed by atoms with van der Waals surface area (Å²) in [5.41, 5.74) is 1.96. The number of methoxy groups -OCH3 is 2. The number of carbonyl (C=O) groups excluding carboxylic acids is 1. The lowest BCUT2D eigenvalue weighted by atomic mass is 10.1. The van der Waals surface area contributed by atoms with E-state index in [4.69, 9.17) is 9.47 Å². The van der Waals surface area contributed by atoms with Crippen molar-refractivity contribution in [3.05, 3.63) is 53.6 Å². The zero-order chi connectivity index (χ0) is 21.0. The van der Waals surface area contributed by atoms with Crippen LogP contribution in [-0.2, 0) is 16.6 Å². The first kappa shape index (κ1) is 21.0. The maximum absolute atomic E-state index is 12.8. The molecule has 2 aromatic carbocycles. The number of nitrogens with zero attached hydrogens (tertiary/aromatic N) is 2. The highest BCUT2D eigenvalue weighted by Gasteiger charge is 2.26. The Morgan fingerprint density at radius 3 is 2.41 bits per heavy atom. The molecule has 0 bridgehead atoms. The normalized spacial score (nSPS) is 15.6. The van der Waals surface area contributed by atoms with Crippen LogP contribution >= 0.6 is 0 Å². The molecular formula is C21H26N2O5S. The van der Waals surface area contributed by atoms with Gasteiger partial charge in [0.15, 0.2) is 0 Å². The van der Waals surface area contributed by atoms with Gasteiger partial charge in [-0.1, -0.05) is 0 Å². The van der Waals surface area contributed by atoms with Crippen molar-refractivity contribution in [2.45, 2.75) is 19.4 Å². The SMILES string of the molecule is COc1ccc(CN(C)C(=O)c2ccc(N3CCCCS3(=O)=O)cc2)c(OC)c1. The Balaban J connectivity index is 1.73. The molecule has 3 rings (SSSR count). The van der Waals surface area contributed by atoms with Crippen LogP contribution in [0.15, 0.2) is 42.5 Å². The van der Waals surface area contributed by atoms with E-state index in [0.717, 1.165) is 12.0 Å². The average molecular weight is 419 g/mol. The highest BCUT2D eigenvalue weighted by Crippen LogP contribution is 2.27. The second kappa shape index (κ2) is 8.73. The predicted octanol–water partition coefficient (Wildman–Crippen LogP) is 2.91. The standard InChI is InChI=1S/C21H26N2O5S/c1-22(15-17-8-11-19(27-2)14-20(17)28-3)21(24)16-6-9-18(10-7-16)23-12-4-5-13-29(23,25)26/h6-11,14H,4-5,12-13,15H2,1-3H3. The number of hydrogen-bond donors (Lipinski definition) is 0. The smallest absolute Gasteiger partial charge is 0.253 e. The summed E-state index contributed by atoms with van der Waals surface area (Å²) in [6, 6.07) is 12.2. The number of amides is 1. The van der Waals surface area contributed by atoms with E-state index in [0.29, 0.717) is 42.3 Å². The number of ether oxygens (including phenoxy) is 2. The van der Waals surface area contributed by atoms with Gasteiger partial charge in [0.2, 0.25) is 10.0 Å². The summed E-state index contributed by atoms with van der Waals surface area (Å²) in [7, 11) is 1.61. The first-order valence-electron chi connectivity index (χ1n) is 9.42. The summed E-state index contributed by atoms with van der Waals surface area (Å²) in [5, 5.41) is 0. The Bertz CT molecular complexity index is 973. The fourth-order valence-electron chi connectivity index (χ4n) is 3.38. The molecule has 0 radical (unpaired) electrons. The molecule has 1 heterocycles. The molecule has 0 unspecified atom stereocenters. The minimum Gasteiger partial charge on any atom is -0.497 e. The fourth-order valence-corrected chi connectivity index (χ4v) is 5.02. The molecule has 1 saturated heterocycles. The van der Waals surface area contributed by atoms with E-state index in [9.17, 15) is 13.2 Å². The molecule has 8 heteroatoms. The fraction of sp³-hybridized carbons (Fsp3) is 0.381. The largest absolute Gasteiger partial charge is 0.497 e. The van der Waals surface area contributed by atoms with Crippen LogP contribution in [0.5, 0.6) is 11.5 Å². The maximum Gasteiger partial charge on any atom is 0.253 e. The number of anilines is 1. The third kappa shape index (κ3) is 4.64. The molecule has 156 valence electrons. The summed E-state index contributed by atoms with van der Waals surface area (Å²) in [6.45, 7) is 0.848. The maximum atomic E-state index is 12.8. The Morgan fingerprint density at radius 2 is 1.79 bits per heavy atom. The van der Waals surface area contributed by atoms with E-state index in [1.807, 2.05) is 12.1 Å². The lowest BCUT2D eigenvalue weighted by Crippen LogP contribution is -2.37. The second-order valence-electron chi connectivity index (χ2n) is 6.98. The van der Waals surface area contributed by atoms with Crippen LogP contribution in [0.1, 0.15) is 28.8 Å². The molecule has 1 aliphatic heterocycles. The molecule has 29 heavy (non-hydrogen) atoms. The van der Waals surface area contributed by atoms with E-state index in [1.165, 1.54) is 4.31 Å². The molecule has 0 aromatic heterocycles. The Morgan fingerprint density at radius 1 is 1.07 bits per heavy atom. The molecule has 7 nitrogen and oxygen atoms in total. The van der Waals surface area contributed by atoms with Crippen LogP contribution in [-0.4, -0.2) is 52.8 Å². The number of sulfonamides is 1. The third-order valence-electron chi connectivity index (χ3n) is 5.00. The lowest BCUT2D eigenvalue weighted by Gasteiger charge is -2.28. The van der Waals surface area contributed by atoms with E-state index in [-0.39, 0.29) is 11.7 Å². The van der Waals surface area contributed by atoms with E-state index >= 15 is 0 Å². The number of rotatable bonds is 6. The molecule has 1 amide bonds. The molecule has 1 fully saturated rings. The third-order valence-corrected chi connectivity index (χ3v) is 6.87. The van der Waals surface area contributed by atoms with Crippen molar-refractivity contribution >= 4 is 21.6 Å². The van der Waals surface area contributed by atoms with Crippen LogP contribution < -0.4 is 13.8 Å². The topological polar surface area (TPSA) is 76.2 Å². The number of carbonyl (C=O) groups is 1. The van der Waals surface area contributed by atoms with E-state index in [2.05, 4.69) is 0 Å². The summed E-state index contributed by atoms with van der Waals surface area (Å²) >= 11 is 0. The van der Waals surface area contributed by atoms with Gasteiger partial charge in [0.1, 0.15) is 11.5 Å². The van der Waals surface area contributed by atoms with Crippen molar-refractivity contribution in [2.24, 2.45) is 0 Å². The minimum absolute atomic E-state index is 0.157. The van der Waals surface area contributed by atoms with Gasteiger partial charge >= 0.3 is 0 Å². The van der Waals surface area contributed by atoms with Gasteiger partial charge in [0.05, 0.1) is 25.7 Å². The summed E-state index contributed by atoms with van der Waals surface area (Å²) in [4.78, 5) is 14.4. The molecule has 1 aliphatic rings. The Kier molecular flexibility index (Phi) is 6.32. The first-order valence-corrected chi connectivity index (χ1v) is 11.0. The zero-order valence-electron chi connectivity index (χ0n) is 16.9. The van der Waals surface area contributed by atoms with Gasteiger partial charge < -0.3 is 14.4 Å². The van der Waals surface area contributed by atoms with Crippen molar-refractivity contribution in [3.63, 3.8) is 0 Å². The van der Waals surface area contributed by atoms with Gasteiger partial charge in [0.25, 0.3) is 5.91 Å². The molecular weight excluding hydrogens is 392 g/mol. The quantitative estimate of drug-likeness (QED) is 0.721. The Labute approximate surface area is 171 Å². The van der Waals surface area contributed by atoms with Gasteiger partial charge in [-0.25, -0.2) is 8.42 Å². The van der Waals surface area contributed by atoms with Crippen molar-refractivity contribution < 1.29 is 22.7 Å². The second-order valence-corrected chi connectivity index (χ2v) is 8.99. The van der Waals surface area contributed by atoms with Gasteiger partial charge in [0, 0.05) is 37.3 Å². The van der Waals surface area contributed by atoms with Crippen molar-refractivity contribution in [1.29, 1.82) is 0 Å². The monoisotopic (exact) mass is 418 g/mol. The molecule has 0 saturated carbocycles. The highest BCUT2D eigenvalue weighted by molar-refractivity contribution is 7.92. The number of benzene rings is 2. The molecule has 0 spiro atoms. The van der Waals surface area contributed by atoms with Gasteiger partial charge in [-0.3, -0.25) is 9.10 Å². The molecule has 0 aliphatic carbocycles. The van der Waals surface area contributed by atoms with Crippen LogP contribution in [0.25, 0.3) is 0 Å². The van der Waals surface area contributed by atoms with Crippen molar-refractivity contribution in [2.75, 3.05) is 37.9 Å². The van der Waals surface area contributed by atoms with Crippen LogP contribution in [0.4, 0.5) is 5.69 Å². The van der Waals surface area contributed by atoms with Crippen LogP contribution in [0.3, 0.4) is 0 Å².